The molecule has 6 heteroatoms. The van der Waals surface area contributed by atoms with Gasteiger partial charge in [-0.2, -0.15) is 0 Å². The highest BCUT2D eigenvalue weighted by atomic mass is 16.3. The van der Waals surface area contributed by atoms with Gasteiger partial charge in [0.2, 0.25) is 0 Å². The molecule has 0 fully saturated rings. The van der Waals surface area contributed by atoms with Gasteiger partial charge in [-0.1, -0.05) is 129 Å². The third-order valence-electron chi connectivity index (χ3n) is 12.6. The molecule has 0 N–H and O–H groups in total. The summed E-state index contributed by atoms with van der Waals surface area (Å²) < 4.78 is 19.4. The molecule has 282 valence electrons. The molecule has 0 amide bonds. The van der Waals surface area contributed by atoms with Crippen LogP contribution in [-0.4, -0.2) is 15.0 Å². The molecule has 8 aromatic carbocycles. The van der Waals surface area contributed by atoms with E-state index in [4.69, 9.17) is 28.2 Å². The molecule has 0 bridgehead atoms. The Morgan fingerprint density at radius 1 is 0.350 bits per heavy atom. The summed E-state index contributed by atoms with van der Waals surface area (Å²) in [7, 11) is 0. The van der Waals surface area contributed by atoms with Gasteiger partial charge in [-0.15, -0.1) is 0 Å². The molecule has 0 saturated heterocycles. The average molecular weight is 772 g/mol. The summed E-state index contributed by atoms with van der Waals surface area (Å²) in [5.74, 6) is 1.58. The molecular weight excluding hydrogens is 739 g/mol. The minimum Gasteiger partial charge on any atom is -0.456 e. The average Bonchev–Trinajstić information content (AvgIpc) is 4.04. The second-order valence-corrected chi connectivity index (χ2v) is 16.3. The fourth-order valence-electron chi connectivity index (χ4n) is 9.71. The predicted molar refractivity (Wildman–Crippen MR) is 241 cm³/mol. The smallest absolute Gasteiger partial charge is 0.167 e. The van der Waals surface area contributed by atoms with Crippen molar-refractivity contribution in [1.29, 1.82) is 0 Å². The minimum atomic E-state index is -0.0571. The maximum absolute atomic E-state index is 6.57. The van der Waals surface area contributed by atoms with Crippen LogP contribution in [0.3, 0.4) is 0 Å². The maximum Gasteiger partial charge on any atom is 0.167 e. The van der Waals surface area contributed by atoms with E-state index in [1.807, 2.05) is 72.8 Å². The third kappa shape index (κ3) is 4.67. The van der Waals surface area contributed by atoms with Gasteiger partial charge < -0.3 is 13.3 Å². The Hall–Kier alpha value is -7.83. The van der Waals surface area contributed by atoms with Crippen molar-refractivity contribution in [3.05, 3.63) is 175 Å². The van der Waals surface area contributed by atoms with E-state index in [1.165, 1.54) is 22.3 Å². The summed E-state index contributed by atoms with van der Waals surface area (Å²) in [6.07, 6.45) is 0. The Balaban J connectivity index is 1.05. The highest BCUT2D eigenvalue weighted by Gasteiger charge is 2.35. The molecular formula is C54H33N3O3. The summed E-state index contributed by atoms with van der Waals surface area (Å²) in [6.45, 7) is 4.63. The number of aromatic nitrogens is 3. The van der Waals surface area contributed by atoms with Crippen molar-refractivity contribution in [2.45, 2.75) is 19.3 Å². The summed E-state index contributed by atoms with van der Waals surface area (Å²) in [4.78, 5) is 15.9. The van der Waals surface area contributed by atoms with Gasteiger partial charge in [0.25, 0.3) is 0 Å². The van der Waals surface area contributed by atoms with Gasteiger partial charge in [0.15, 0.2) is 17.5 Å². The highest BCUT2D eigenvalue weighted by molar-refractivity contribution is 6.14. The molecule has 0 aliphatic heterocycles. The van der Waals surface area contributed by atoms with Gasteiger partial charge in [0.05, 0.1) is 5.56 Å². The van der Waals surface area contributed by atoms with Crippen molar-refractivity contribution in [3.8, 4) is 56.4 Å². The second-order valence-electron chi connectivity index (χ2n) is 16.3. The molecule has 60 heavy (non-hydrogen) atoms. The lowest BCUT2D eigenvalue weighted by atomic mass is 9.82. The standard InChI is InChI=1S/C54H33N3O3/c1-54(2)41-19-6-3-12-32(41)39-28-30(24-26-42(39)54)31-25-27-45-40(29-31)49-37(17-11-23-47(49)59-45)52-55-51(36-16-10-22-46-48(36)35-14-5-8-21-44(35)58-46)56-53(57-52)38-18-9-15-34-33-13-4-7-20-43(33)60-50(34)38/h3-29H,1-2H3. The first-order chi connectivity index (χ1) is 29.5. The van der Waals surface area contributed by atoms with Gasteiger partial charge >= 0.3 is 0 Å². The zero-order valence-corrected chi connectivity index (χ0v) is 32.7. The molecule has 0 radical (unpaired) electrons. The van der Waals surface area contributed by atoms with Crippen LogP contribution in [0.1, 0.15) is 25.0 Å². The van der Waals surface area contributed by atoms with Crippen molar-refractivity contribution in [2.75, 3.05) is 0 Å². The van der Waals surface area contributed by atoms with E-state index in [0.29, 0.717) is 17.5 Å². The summed E-state index contributed by atoms with van der Waals surface area (Å²) in [5.41, 5.74) is 14.7. The number of furan rings is 3. The molecule has 13 rings (SSSR count). The van der Waals surface area contributed by atoms with E-state index in [2.05, 4.69) is 105 Å². The van der Waals surface area contributed by atoms with E-state index in [-0.39, 0.29) is 5.41 Å². The first-order valence-electron chi connectivity index (χ1n) is 20.3. The molecule has 0 spiro atoms. The van der Waals surface area contributed by atoms with Gasteiger partial charge in [-0.05, 0) is 81.9 Å². The number of nitrogens with zero attached hydrogens (tertiary/aromatic N) is 3. The number of para-hydroxylation sites is 3. The lowest BCUT2D eigenvalue weighted by molar-refractivity contribution is 0.660. The van der Waals surface area contributed by atoms with Crippen LogP contribution in [0.2, 0.25) is 0 Å². The number of benzene rings is 8. The number of hydrogen-bond donors (Lipinski definition) is 0. The van der Waals surface area contributed by atoms with Crippen molar-refractivity contribution < 1.29 is 13.3 Å². The second kappa shape index (κ2) is 12.1. The Labute approximate surface area is 343 Å². The molecule has 4 aromatic heterocycles. The quantitative estimate of drug-likeness (QED) is 0.177. The van der Waals surface area contributed by atoms with Crippen LogP contribution in [0.4, 0.5) is 0 Å². The Morgan fingerprint density at radius 2 is 0.850 bits per heavy atom. The van der Waals surface area contributed by atoms with E-state index >= 15 is 0 Å². The molecule has 6 nitrogen and oxygen atoms in total. The van der Waals surface area contributed by atoms with Gasteiger partial charge in [-0.25, -0.2) is 15.0 Å². The lowest BCUT2D eigenvalue weighted by Crippen LogP contribution is -2.14. The molecule has 0 unspecified atom stereocenters. The molecule has 1 aliphatic carbocycles. The van der Waals surface area contributed by atoms with Crippen molar-refractivity contribution in [1.82, 2.24) is 15.0 Å². The van der Waals surface area contributed by atoms with E-state index < -0.39 is 0 Å². The van der Waals surface area contributed by atoms with Crippen LogP contribution in [0.5, 0.6) is 0 Å². The van der Waals surface area contributed by atoms with Gasteiger partial charge in [0.1, 0.15) is 33.5 Å². The van der Waals surface area contributed by atoms with Crippen LogP contribution in [-0.2, 0) is 5.41 Å². The van der Waals surface area contributed by atoms with E-state index in [9.17, 15) is 0 Å². The zero-order chi connectivity index (χ0) is 39.7. The molecule has 1 aliphatic rings. The molecule has 4 heterocycles. The lowest BCUT2D eigenvalue weighted by Gasteiger charge is -2.21. The van der Waals surface area contributed by atoms with Crippen LogP contribution in [0.15, 0.2) is 177 Å². The van der Waals surface area contributed by atoms with Crippen LogP contribution >= 0.6 is 0 Å². The van der Waals surface area contributed by atoms with Crippen molar-refractivity contribution >= 4 is 65.8 Å². The Morgan fingerprint density at radius 3 is 1.62 bits per heavy atom. The fraction of sp³-hybridized carbons (Fsp3) is 0.0556. The number of hydrogen-bond acceptors (Lipinski definition) is 6. The topological polar surface area (TPSA) is 78.1 Å². The number of rotatable bonds is 4. The summed E-state index contributed by atoms with van der Waals surface area (Å²) in [5, 5.41) is 5.93. The largest absolute Gasteiger partial charge is 0.456 e. The summed E-state index contributed by atoms with van der Waals surface area (Å²) >= 11 is 0. The van der Waals surface area contributed by atoms with Crippen molar-refractivity contribution in [3.63, 3.8) is 0 Å². The SMILES string of the molecule is CC1(C)c2ccccc2-c2cc(-c3ccc4oc5cccc(-c6nc(-c7cccc8c7oc7ccccc78)nc(-c7cccc8oc9ccccc9c78)n6)c5c4c3)ccc21. The van der Waals surface area contributed by atoms with E-state index in [0.717, 1.165) is 93.6 Å². The number of fused-ring (bicyclic) bond motifs is 12. The van der Waals surface area contributed by atoms with Crippen molar-refractivity contribution in [2.24, 2.45) is 0 Å². The van der Waals surface area contributed by atoms with Crippen LogP contribution < -0.4 is 0 Å². The highest BCUT2D eigenvalue weighted by Crippen LogP contribution is 2.50. The van der Waals surface area contributed by atoms with E-state index in [1.54, 1.807) is 0 Å². The molecule has 12 aromatic rings. The zero-order valence-electron chi connectivity index (χ0n) is 32.7. The Kier molecular flexibility index (Phi) is 6.69. The summed E-state index contributed by atoms with van der Waals surface area (Å²) in [6, 6.07) is 56.6. The maximum atomic E-state index is 6.57. The normalized spacial score (nSPS) is 13.3. The molecule has 0 saturated carbocycles. The predicted octanol–water partition coefficient (Wildman–Crippen LogP) is 14.5. The van der Waals surface area contributed by atoms with Gasteiger partial charge in [-0.3, -0.25) is 0 Å². The minimum absolute atomic E-state index is 0.0571. The first kappa shape index (κ1) is 33.2. The Bertz CT molecular complexity index is 3770. The van der Waals surface area contributed by atoms with Gasteiger partial charge in [0, 0.05) is 48.9 Å². The van der Waals surface area contributed by atoms with Crippen LogP contribution in [0.25, 0.3) is 122 Å². The monoisotopic (exact) mass is 771 g/mol. The van der Waals surface area contributed by atoms with Crippen LogP contribution in [0, 0.1) is 0 Å². The first-order valence-corrected chi connectivity index (χ1v) is 20.3. The fourth-order valence-corrected chi connectivity index (χ4v) is 9.71. The molecule has 0 atom stereocenters. The third-order valence-corrected chi connectivity index (χ3v) is 12.6.